The first kappa shape index (κ1) is 25.0. The molecule has 1 aromatic carbocycles. The van der Waals surface area contributed by atoms with Gasteiger partial charge < -0.3 is 24.8 Å². The Hall–Kier alpha value is -2.07. The summed E-state index contributed by atoms with van der Waals surface area (Å²) in [7, 11) is 3.35. The van der Waals surface area contributed by atoms with Gasteiger partial charge in [-0.25, -0.2) is 4.98 Å². The summed E-state index contributed by atoms with van der Waals surface area (Å²) >= 11 is 0. The first-order valence-corrected chi connectivity index (χ1v) is 9.39. The fraction of sp³-hybridized carbons (Fsp3) is 0.429. The van der Waals surface area contributed by atoms with E-state index in [1.165, 1.54) is 0 Å². The van der Waals surface area contributed by atoms with E-state index in [1.54, 1.807) is 20.4 Å². The Morgan fingerprint density at radius 1 is 1.10 bits per heavy atom. The molecule has 0 fully saturated rings. The lowest BCUT2D eigenvalue weighted by Gasteiger charge is -2.15. The molecule has 0 radical (unpaired) electrons. The molecule has 0 saturated carbocycles. The van der Waals surface area contributed by atoms with Crippen LogP contribution in [-0.4, -0.2) is 44.9 Å². The van der Waals surface area contributed by atoms with Crippen molar-refractivity contribution in [1.29, 1.82) is 0 Å². The molecule has 0 saturated heterocycles. The summed E-state index contributed by atoms with van der Waals surface area (Å²) in [6.45, 7) is 7.04. The first-order valence-electron chi connectivity index (χ1n) is 9.39. The number of hydrogen-bond donors (Lipinski definition) is 2. The van der Waals surface area contributed by atoms with Gasteiger partial charge in [0.1, 0.15) is 12.4 Å². The van der Waals surface area contributed by atoms with Crippen molar-refractivity contribution in [3.8, 4) is 11.6 Å². The lowest BCUT2D eigenvalue weighted by Crippen LogP contribution is -2.36. The standard InChI is InChI=1S/C21H30N4O3.HI/c1-5-27-10-11-28-19-12-16(2)6-7-18(19)15-25-21(22-3)24-14-17-8-9-23-20(13-17)26-4;/h6-9,12-13H,5,10-11,14-15H2,1-4H3,(H2,22,24,25);1H. The van der Waals surface area contributed by atoms with Gasteiger partial charge in [-0.3, -0.25) is 4.99 Å². The molecule has 1 heterocycles. The topological polar surface area (TPSA) is 77.0 Å². The number of aromatic nitrogens is 1. The summed E-state index contributed by atoms with van der Waals surface area (Å²) in [5.41, 5.74) is 3.28. The average Bonchev–Trinajstić information content (AvgIpc) is 2.72. The van der Waals surface area contributed by atoms with Gasteiger partial charge in [0.15, 0.2) is 5.96 Å². The van der Waals surface area contributed by atoms with E-state index in [2.05, 4.69) is 39.7 Å². The number of ether oxygens (including phenoxy) is 3. The Kier molecular flexibility index (Phi) is 12.1. The number of aliphatic imine (C=N–C) groups is 1. The minimum Gasteiger partial charge on any atom is -0.491 e. The number of rotatable bonds is 10. The van der Waals surface area contributed by atoms with E-state index in [1.807, 2.05) is 25.1 Å². The summed E-state index contributed by atoms with van der Waals surface area (Å²) < 4.78 is 16.4. The minimum atomic E-state index is 0. The highest BCUT2D eigenvalue weighted by Gasteiger charge is 2.06. The van der Waals surface area contributed by atoms with Gasteiger partial charge in [0.2, 0.25) is 5.88 Å². The predicted molar refractivity (Wildman–Crippen MR) is 126 cm³/mol. The fourth-order valence-corrected chi connectivity index (χ4v) is 2.55. The van der Waals surface area contributed by atoms with Crippen LogP contribution in [0.15, 0.2) is 41.5 Å². The van der Waals surface area contributed by atoms with Crippen LogP contribution in [0.1, 0.15) is 23.6 Å². The lowest BCUT2D eigenvalue weighted by molar-refractivity contribution is 0.110. The van der Waals surface area contributed by atoms with Gasteiger partial charge in [0.25, 0.3) is 0 Å². The third-order valence-electron chi connectivity index (χ3n) is 4.05. The number of guanidine groups is 1. The second-order valence-electron chi connectivity index (χ2n) is 6.14. The zero-order chi connectivity index (χ0) is 20.2. The zero-order valence-corrected chi connectivity index (χ0v) is 19.9. The molecule has 0 amide bonds. The number of nitrogens with zero attached hydrogens (tertiary/aromatic N) is 2. The first-order chi connectivity index (χ1) is 13.7. The lowest BCUT2D eigenvalue weighted by atomic mass is 10.1. The maximum atomic E-state index is 5.89. The van der Waals surface area contributed by atoms with Crippen molar-refractivity contribution < 1.29 is 14.2 Å². The molecule has 2 N–H and O–H groups in total. The van der Waals surface area contributed by atoms with E-state index < -0.39 is 0 Å². The molecule has 2 rings (SSSR count). The van der Waals surface area contributed by atoms with Crippen molar-refractivity contribution in [3.63, 3.8) is 0 Å². The van der Waals surface area contributed by atoms with Gasteiger partial charge in [0, 0.05) is 44.6 Å². The number of benzene rings is 1. The van der Waals surface area contributed by atoms with Crippen LogP contribution in [0.5, 0.6) is 11.6 Å². The molecule has 0 atom stereocenters. The highest BCUT2D eigenvalue weighted by Crippen LogP contribution is 2.20. The molecule has 0 aliphatic carbocycles. The highest BCUT2D eigenvalue weighted by molar-refractivity contribution is 14.0. The van der Waals surface area contributed by atoms with E-state index in [4.69, 9.17) is 14.2 Å². The molecule has 0 unspecified atom stereocenters. The molecule has 0 aliphatic heterocycles. The van der Waals surface area contributed by atoms with Crippen molar-refractivity contribution in [1.82, 2.24) is 15.6 Å². The Morgan fingerprint density at radius 3 is 2.62 bits per heavy atom. The summed E-state index contributed by atoms with van der Waals surface area (Å²) in [6, 6.07) is 10.0. The Bertz CT molecular complexity index is 771. The zero-order valence-electron chi connectivity index (χ0n) is 17.5. The average molecular weight is 514 g/mol. The van der Waals surface area contributed by atoms with Crippen LogP contribution in [-0.2, 0) is 17.8 Å². The summed E-state index contributed by atoms with van der Waals surface area (Å²) in [5.74, 6) is 2.16. The SMILES string of the molecule is CCOCCOc1cc(C)ccc1CNC(=NC)NCc1ccnc(OC)c1.I. The van der Waals surface area contributed by atoms with Crippen molar-refractivity contribution >= 4 is 29.9 Å². The largest absolute Gasteiger partial charge is 0.491 e. The second kappa shape index (κ2) is 14.0. The van der Waals surface area contributed by atoms with Crippen molar-refractivity contribution in [2.75, 3.05) is 34.0 Å². The number of halogens is 1. The molecule has 0 aliphatic rings. The Morgan fingerprint density at radius 2 is 1.90 bits per heavy atom. The summed E-state index contributed by atoms with van der Waals surface area (Å²) in [4.78, 5) is 8.40. The van der Waals surface area contributed by atoms with Crippen LogP contribution in [0.4, 0.5) is 0 Å². The fourth-order valence-electron chi connectivity index (χ4n) is 2.55. The predicted octanol–water partition coefficient (Wildman–Crippen LogP) is 3.30. The van der Waals surface area contributed by atoms with E-state index >= 15 is 0 Å². The minimum absolute atomic E-state index is 0. The molecule has 1 aromatic heterocycles. The number of pyridine rings is 1. The van der Waals surface area contributed by atoms with Gasteiger partial charge in [-0.1, -0.05) is 12.1 Å². The molecule has 160 valence electrons. The summed E-state index contributed by atoms with van der Waals surface area (Å²) in [6.07, 6.45) is 1.73. The Labute approximate surface area is 190 Å². The molecular formula is C21H31IN4O3. The van der Waals surface area contributed by atoms with Crippen molar-refractivity contribution in [3.05, 3.63) is 53.2 Å². The molecule has 2 aromatic rings. The maximum Gasteiger partial charge on any atom is 0.213 e. The van der Waals surface area contributed by atoms with E-state index in [-0.39, 0.29) is 24.0 Å². The third-order valence-corrected chi connectivity index (χ3v) is 4.05. The number of methoxy groups -OCH3 is 1. The van der Waals surface area contributed by atoms with Gasteiger partial charge in [-0.05, 0) is 37.1 Å². The second-order valence-corrected chi connectivity index (χ2v) is 6.14. The van der Waals surface area contributed by atoms with Crippen LogP contribution in [0.3, 0.4) is 0 Å². The third kappa shape index (κ3) is 8.86. The van der Waals surface area contributed by atoms with Crippen LogP contribution in [0.25, 0.3) is 0 Å². The van der Waals surface area contributed by atoms with E-state index in [0.29, 0.717) is 44.7 Å². The van der Waals surface area contributed by atoms with Crippen LogP contribution in [0.2, 0.25) is 0 Å². The molecule has 7 nitrogen and oxygen atoms in total. The van der Waals surface area contributed by atoms with Crippen LogP contribution >= 0.6 is 24.0 Å². The quantitative estimate of drug-likeness (QED) is 0.219. The monoisotopic (exact) mass is 514 g/mol. The Balaban J connectivity index is 0.00000420. The van der Waals surface area contributed by atoms with Crippen molar-refractivity contribution in [2.24, 2.45) is 4.99 Å². The molecule has 29 heavy (non-hydrogen) atoms. The van der Waals surface area contributed by atoms with E-state index in [9.17, 15) is 0 Å². The van der Waals surface area contributed by atoms with Crippen LogP contribution < -0.4 is 20.1 Å². The van der Waals surface area contributed by atoms with Crippen molar-refractivity contribution in [2.45, 2.75) is 26.9 Å². The number of nitrogens with one attached hydrogen (secondary N) is 2. The molecule has 0 spiro atoms. The molecule has 8 heteroatoms. The van der Waals surface area contributed by atoms with Gasteiger partial charge in [-0.15, -0.1) is 24.0 Å². The number of aryl methyl sites for hydroxylation is 1. The highest BCUT2D eigenvalue weighted by atomic mass is 127. The van der Waals surface area contributed by atoms with Gasteiger partial charge in [-0.2, -0.15) is 0 Å². The van der Waals surface area contributed by atoms with E-state index in [0.717, 1.165) is 22.4 Å². The maximum absolute atomic E-state index is 5.89. The smallest absolute Gasteiger partial charge is 0.213 e. The van der Waals surface area contributed by atoms with Crippen LogP contribution in [0, 0.1) is 6.92 Å². The molecular weight excluding hydrogens is 483 g/mol. The van der Waals surface area contributed by atoms with Gasteiger partial charge >= 0.3 is 0 Å². The molecule has 0 bridgehead atoms. The number of hydrogen-bond acceptors (Lipinski definition) is 5. The normalized spacial score (nSPS) is 10.8. The van der Waals surface area contributed by atoms with Gasteiger partial charge in [0.05, 0.1) is 13.7 Å². The summed E-state index contributed by atoms with van der Waals surface area (Å²) in [5, 5.41) is 6.62.